The van der Waals surface area contributed by atoms with Crippen LogP contribution in [0.25, 0.3) is 0 Å². The molecule has 0 atom stereocenters. The molecular weight excluding hydrogens is 368 g/mol. The van der Waals surface area contributed by atoms with Crippen LogP contribution in [0.15, 0.2) is 53.0 Å². The van der Waals surface area contributed by atoms with E-state index in [4.69, 9.17) is 4.74 Å². The van der Waals surface area contributed by atoms with E-state index >= 15 is 0 Å². The average molecular weight is 391 g/mol. The summed E-state index contributed by atoms with van der Waals surface area (Å²) >= 11 is 3.41. The van der Waals surface area contributed by atoms with Crippen molar-refractivity contribution in [1.29, 1.82) is 0 Å². The van der Waals surface area contributed by atoms with Gasteiger partial charge in [0.25, 0.3) is 0 Å². The summed E-state index contributed by atoms with van der Waals surface area (Å²) in [6, 6.07) is 15.7. The Hall–Kier alpha value is -2.01. The highest BCUT2D eigenvalue weighted by molar-refractivity contribution is 9.10. The van der Waals surface area contributed by atoms with Gasteiger partial charge in [0, 0.05) is 24.6 Å². The molecule has 0 aliphatic carbocycles. The van der Waals surface area contributed by atoms with Crippen LogP contribution in [0.4, 0.5) is 4.79 Å². The molecule has 0 aliphatic rings. The fourth-order valence-electron chi connectivity index (χ4n) is 2.21. The topological polar surface area (TPSA) is 41.6 Å². The molecule has 0 radical (unpaired) electrons. The Balaban J connectivity index is 1.84. The van der Waals surface area contributed by atoms with E-state index in [-0.39, 0.29) is 6.03 Å². The Kier molecular flexibility index (Phi) is 7.12. The number of benzene rings is 2. The van der Waals surface area contributed by atoms with E-state index in [1.165, 1.54) is 0 Å². The van der Waals surface area contributed by atoms with E-state index in [1.807, 2.05) is 48.5 Å². The second kappa shape index (κ2) is 9.33. The van der Waals surface area contributed by atoms with Gasteiger partial charge >= 0.3 is 6.03 Å². The molecule has 0 unspecified atom stereocenters. The number of carbonyl (C=O) groups excluding carboxylic acids is 1. The van der Waals surface area contributed by atoms with E-state index in [1.54, 1.807) is 11.9 Å². The number of halogens is 1. The smallest absolute Gasteiger partial charge is 0.317 e. The van der Waals surface area contributed by atoms with Gasteiger partial charge in [-0.3, -0.25) is 0 Å². The molecule has 24 heavy (non-hydrogen) atoms. The Morgan fingerprint density at radius 3 is 2.62 bits per heavy atom. The molecule has 0 fully saturated rings. The molecule has 2 aromatic carbocycles. The summed E-state index contributed by atoms with van der Waals surface area (Å²) in [7, 11) is 1.79. The lowest BCUT2D eigenvalue weighted by atomic mass is 10.2. The second-order valence-corrected chi connectivity index (χ2v) is 6.55. The SMILES string of the molecule is CCCOc1cccc(CNC(=O)N(C)Cc2ccc(Br)cc2)c1. The van der Waals surface area contributed by atoms with Crippen molar-refractivity contribution < 1.29 is 9.53 Å². The lowest BCUT2D eigenvalue weighted by molar-refractivity contribution is 0.206. The molecule has 0 saturated carbocycles. The zero-order valence-electron chi connectivity index (χ0n) is 14.1. The Morgan fingerprint density at radius 2 is 1.92 bits per heavy atom. The minimum absolute atomic E-state index is 0.0993. The van der Waals surface area contributed by atoms with Crippen molar-refractivity contribution in [2.45, 2.75) is 26.4 Å². The molecule has 0 saturated heterocycles. The van der Waals surface area contributed by atoms with Crippen molar-refractivity contribution in [3.8, 4) is 5.75 Å². The van der Waals surface area contributed by atoms with Crippen molar-refractivity contribution in [3.05, 3.63) is 64.1 Å². The van der Waals surface area contributed by atoms with Crippen molar-refractivity contribution >= 4 is 22.0 Å². The zero-order valence-corrected chi connectivity index (χ0v) is 15.7. The summed E-state index contributed by atoms with van der Waals surface area (Å²) in [6.07, 6.45) is 0.974. The first-order valence-corrected chi connectivity index (χ1v) is 8.83. The van der Waals surface area contributed by atoms with Crippen molar-refractivity contribution in [2.24, 2.45) is 0 Å². The minimum Gasteiger partial charge on any atom is -0.494 e. The molecule has 2 amide bonds. The molecule has 5 heteroatoms. The van der Waals surface area contributed by atoms with Crippen molar-refractivity contribution in [3.63, 3.8) is 0 Å². The highest BCUT2D eigenvalue weighted by Gasteiger charge is 2.09. The number of hydrogen-bond acceptors (Lipinski definition) is 2. The number of ether oxygens (including phenoxy) is 1. The normalized spacial score (nSPS) is 10.3. The Bertz CT molecular complexity index is 659. The van der Waals surface area contributed by atoms with Crippen LogP contribution in [0.3, 0.4) is 0 Å². The summed E-state index contributed by atoms with van der Waals surface area (Å²) < 4.78 is 6.64. The standard InChI is InChI=1S/C19H23BrN2O2/c1-3-11-24-18-6-4-5-16(12-18)13-21-19(23)22(2)14-15-7-9-17(20)10-8-15/h4-10,12H,3,11,13-14H2,1-2H3,(H,21,23). The van der Waals surface area contributed by atoms with Crippen molar-refractivity contribution in [2.75, 3.05) is 13.7 Å². The van der Waals surface area contributed by atoms with Crippen LogP contribution in [-0.2, 0) is 13.1 Å². The molecule has 0 aliphatic heterocycles. The van der Waals surface area contributed by atoms with E-state index in [9.17, 15) is 4.79 Å². The molecule has 2 aromatic rings. The van der Waals surface area contributed by atoms with Gasteiger partial charge in [-0.1, -0.05) is 47.1 Å². The predicted octanol–water partition coefficient (Wildman–Crippen LogP) is 4.58. The van der Waals surface area contributed by atoms with Crippen LogP contribution in [-0.4, -0.2) is 24.6 Å². The van der Waals surface area contributed by atoms with Crippen LogP contribution in [0, 0.1) is 0 Å². The molecule has 0 heterocycles. The lowest BCUT2D eigenvalue weighted by Gasteiger charge is -2.18. The third-order valence-corrected chi connectivity index (χ3v) is 4.02. The third-order valence-electron chi connectivity index (χ3n) is 3.49. The molecule has 2 rings (SSSR count). The summed E-state index contributed by atoms with van der Waals surface area (Å²) in [6.45, 7) is 3.82. The van der Waals surface area contributed by atoms with Crippen LogP contribution < -0.4 is 10.1 Å². The number of nitrogens with zero attached hydrogens (tertiary/aromatic N) is 1. The van der Waals surface area contributed by atoms with Crippen LogP contribution in [0.1, 0.15) is 24.5 Å². The minimum atomic E-state index is -0.0993. The predicted molar refractivity (Wildman–Crippen MR) is 100 cm³/mol. The highest BCUT2D eigenvalue weighted by Crippen LogP contribution is 2.14. The average Bonchev–Trinajstić information content (AvgIpc) is 2.60. The van der Waals surface area contributed by atoms with Gasteiger partial charge in [-0.25, -0.2) is 4.79 Å². The quantitative estimate of drug-likeness (QED) is 0.751. The number of urea groups is 1. The molecule has 0 aromatic heterocycles. The summed E-state index contributed by atoms with van der Waals surface area (Å²) in [5.41, 5.74) is 2.11. The number of rotatable bonds is 7. The monoisotopic (exact) mass is 390 g/mol. The largest absolute Gasteiger partial charge is 0.494 e. The maximum Gasteiger partial charge on any atom is 0.317 e. The number of hydrogen-bond donors (Lipinski definition) is 1. The number of nitrogens with one attached hydrogen (secondary N) is 1. The van der Waals surface area contributed by atoms with Gasteiger partial charge in [0.05, 0.1) is 6.61 Å². The summed E-state index contributed by atoms with van der Waals surface area (Å²) in [5.74, 6) is 0.840. The summed E-state index contributed by atoms with van der Waals surface area (Å²) in [5, 5.41) is 2.94. The van der Waals surface area contributed by atoms with Gasteiger partial charge in [0.15, 0.2) is 0 Å². The number of amides is 2. The number of carbonyl (C=O) groups is 1. The Morgan fingerprint density at radius 1 is 1.17 bits per heavy atom. The van der Waals surface area contributed by atoms with Crippen LogP contribution >= 0.6 is 15.9 Å². The van der Waals surface area contributed by atoms with Gasteiger partial charge in [-0.2, -0.15) is 0 Å². The second-order valence-electron chi connectivity index (χ2n) is 5.64. The molecule has 0 spiro atoms. The van der Waals surface area contributed by atoms with E-state index in [0.717, 1.165) is 27.8 Å². The highest BCUT2D eigenvalue weighted by atomic mass is 79.9. The van der Waals surface area contributed by atoms with E-state index < -0.39 is 0 Å². The van der Waals surface area contributed by atoms with Gasteiger partial charge < -0.3 is 15.0 Å². The van der Waals surface area contributed by atoms with E-state index in [2.05, 4.69) is 28.2 Å². The van der Waals surface area contributed by atoms with Gasteiger partial charge in [-0.05, 0) is 41.8 Å². The summed E-state index contributed by atoms with van der Waals surface area (Å²) in [4.78, 5) is 13.9. The first kappa shape index (κ1) is 18.3. The fraction of sp³-hybridized carbons (Fsp3) is 0.316. The van der Waals surface area contributed by atoms with Crippen molar-refractivity contribution in [1.82, 2.24) is 10.2 Å². The van der Waals surface area contributed by atoms with Gasteiger partial charge in [0.2, 0.25) is 0 Å². The first-order chi connectivity index (χ1) is 11.6. The maximum atomic E-state index is 12.2. The third kappa shape index (κ3) is 5.89. The lowest BCUT2D eigenvalue weighted by Crippen LogP contribution is -2.36. The first-order valence-electron chi connectivity index (χ1n) is 8.03. The van der Waals surface area contributed by atoms with Crippen LogP contribution in [0.2, 0.25) is 0 Å². The molecule has 4 nitrogen and oxygen atoms in total. The zero-order chi connectivity index (χ0) is 17.4. The van der Waals surface area contributed by atoms with Crippen LogP contribution in [0.5, 0.6) is 5.75 Å². The van der Waals surface area contributed by atoms with Gasteiger partial charge in [0.1, 0.15) is 5.75 Å². The fourth-order valence-corrected chi connectivity index (χ4v) is 2.48. The van der Waals surface area contributed by atoms with Gasteiger partial charge in [-0.15, -0.1) is 0 Å². The van der Waals surface area contributed by atoms with E-state index in [0.29, 0.717) is 19.7 Å². The molecular formula is C19H23BrN2O2. The molecule has 128 valence electrons. The molecule has 0 bridgehead atoms. The molecule has 1 N–H and O–H groups in total. The Labute approximate surface area is 151 Å². The maximum absolute atomic E-state index is 12.2.